The van der Waals surface area contributed by atoms with Crippen molar-refractivity contribution < 1.29 is 9.18 Å². The first-order valence-corrected chi connectivity index (χ1v) is 3.20. The number of alkyl halides is 1. The Balaban J connectivity index is 3.85. The Morgan fingerprint density at radius 2 is 2.11 bits per heavy atom. The number of rotatable bonds is 3. The van der Waals surface area contributed by atoms with Crippen molar-refractivity contribution in [2.45, 2.75) is 39.3 Å². The van der Waals surface area contributed by atoms with Gasteiger partial charge in [-0.1, -0.05) is 13.3 Å². The zero-order chi connectivity index (χ0) is 7.49. The fraction of sp³-hybridized carbons (Fsp3) is 0.857. The van der Waals surface area contributed by atoms with Gasteiger partial charge in [0.05, 0.1) is 0 Å². The quantitative estimate of drug-likeness (QED) is 0.574. The van der Waals surface area contributed by atoms with Gasteiger partial charge in [-0.2, -0.15) is 0 Å². The summed E-state index contributed by atoms with van der Waals surface area (Å²) in [5.74, 6) is -0.371. The van der Waals surface area contributed by atoms with Crippen molar-refractivity contribution >= 4 is 5.78 Å². The number of halogens is 1. The maximum Gasteiger partial charge on any atom is 0.166 e. The largest absolute Gasteiger partial charge is 0.296 e. The molecule has 1 atom stereocenters. The summed E-state index contributed by atoms with van der Waals surface area (Å²) in [6.07, 6.45) is 1.05. The molecule has 0 saturated carbocycles. The molecule has 0 aliphatic carbocycles. The molecule has 0 heterocycles. The summed E-state index contributed by atoms with van der Waals surface area (Å²) < 4.78 is 12.9. The number of hydrogen-bond donors (Lipinski definition) is 0. The lowest BCUT2D eigenvalue weighted by atomic mass is 9.99. The topological polar surface area (TPSA) is 17.1 Å². The SMILES string of the molecule is CCCC(C)(F)C(C)=O. The van der Waals surface area contributed by atoms with Crippen LogP contribution in [0.3, 0.4) is 0 Å². The molecule has 0 bridgehead atoms. The van der Waals surface area contributed by atoms with Gasteiger partial charge in [0, 0.05) is 0 Å². The average Bonchev–Trinajstić information content (AvgIpc) is 1.65. The minimum atomic E-state index is -1.59. The van der Waals surface area contributed by atoms with E-state index < -0.39 is 5.67 Å². The molecule has 9 heavy (non-hydrogen) atoms. The van der Waals surface area contributed by atoms with Crippen molar-refractivity contribution in [3.05, 3.63) is 0 Å². The van der Waals surface area contributed by atoms with E-state index in [0.29, 0.717) is 12.8 Å². The molecule has 0 fully saturated rings. The van der Waals surface area contributed by atoms with Gasteiger partial charge in [-0.15, -0.1) is 0 Å². The van der Waals surface area contributed by atoms with E-state index in [2.05, 4.69) is 0 Å². The van der Waals surface area contributed by atoms with E-state index in [1.807, 2.05) is 6.92 Å². The second-order valence-electron chi connectivity index (χ2n) is 2.50. The third kappa shape index (κ3) is 2.59. The van der Waals surface area contributed by atoms with Crippen molar-refractivity contribution in [2.24, 2.45) is 0 Å². The van der Waals surface area contributed by atoms with Crippen molar-refractivity contribution in [3.63, 3.8) is 0 Å². The highest BCUT2D eigenvalue weighted by molar-refractivity contribution is 5.84. The van der Waals surface area contributed by atoms with Crippen molar-refractivity contribution in [1.29, 1.82) is 0 Å². The van der Waals surface area contributed by atoms with Crippen molar-refractivity contribution in [3.8, 4) is 0 Å². The highest BCUT2D eigenvalue weighted by Gasteiger charge is 2.27. The first kappa shape index (κ1) is 8.60. The molecular weight excluding hydrogens is 119 g/mol. The Labute approximate surface area is 55.3 Å². The van der Waals surface area contributed by atoms with Crippen LogP contribution in [-0.4, -0.2) is 11.5 Å². The van der Waals surface area contributed by atoms with Gasteiger partial charge >= 0.3 is 0 Å². The number of Topliss-reactive ketones (excluding diaryl/α,β-unsaturated/α-hetero) is 1. The van der Waals surface area contributed by atoms with Crippen LogP contribution in [0.5, 0.6) is 0 Å². The maximum absolute atomic E-state index is 12.9. The third-order valence-electron chi connectivity index (χ3n) is 1.45. The summed E-state index contributed by atoms with van der Waals surface area (Å²) in [5.41, 5.74) is -1.59. The van der Waals surface area contributed by atoms with E-state index in [1.54, 1.807) is 0 Å². The Morgan fingerprint density at radius 1 is 1.67 bits per heavy atom. The molecule has 2 heteroatoms. The predicted octanol–water partition coefficient (Wildman–Crippen LogP) is 2.10. The van der Waals surface area contributed by atoms with E-state index in [9.17, 15) is 9.18 Å². The summed E-state index contributed by atoms with van der Waals surface area (Å²) in [6, 6.07) is 0. The van der Waals surface area contributed by atoms with E-state index in [4.69, 9.17) is 0 Å². The van der Waals surface area contributed by atoms with Gasteiger partial charge in [0.25, 0.3) is 0 Å². The van der Waals surface area contributed by atoms with Crippen LogP contribution in [-0.2, 0) is 4.79 Å². The summed E-state index contributed by atoms with van der Waals surface area (Å²) in [4.78, 5) is 10.5. The van der Waals surface area contributed by atoms with Crippen molar-refractivity contribution in [2.75, 3.05) is 0 Å². The third-order valence-corrected chi connectivity index (χ3v) is 1.45. The molecule has 0 aliphatic rings. The molecule has 0 aliphatic heterocycles. The maximum atomic E-state index is 12.9. The van der Waals surface area contributed by atoms with E-state index in [1.165, 1.54) is 13.8 Å². The fourth-order valence-electron chi connectivity index (χ4n) is 0.646. The van der Waals surface area contributed by atoms with Crippen LogP contribution in [0, 0.1) is 0 Å². The zero-order valence-corrected chi connectivity index (χ0v) is 6.20. The standard InChI is InChI=1S/C7H13FO/c1-4-5-7(3,8)6(2)9/h4-5H2,1-3H3. The molecule has 1 nitrogen and oxygen atoms in total. The Kier molecular flexibility index (Phi) is 2.82. The van der Waals surface area contributed by atoms with Crippen LogP contribution in [0.4, 0.5) is 4.39 Å². The van der Waals surface area contributed by atoms with E-state index in [-0.39, 0.29) is 5.78 Å². The summed E-state index contributed by atoms with van der Waals surface area (Å²) in [7, 11) is 0. The van der Waals surface area contributed by atoms with Gasteiger partial charge in [0.2, 0.25) is 0 Å². The first-order valence-electron chi connectivity index (χ1n) is 3.20. The molecule has 0 rings (SSSR count). The Bertz CT molecular complexity index is 107. The zero-order valence-electron chi connectivity index (χ0n) is 6.20. The van der Waals surface area contributed by atoms with Gasteiger partial charge in [0.1, 0.15) is 0 Å². The monoisotopic (exact) mass is 132 g/mol. The van der Waals surface area contributed by atoms with E-state index in [0.717, 1.165) is 0 Å². The summed E-state index contributed by atoms with van der Waals surface area (Å²) in [6.45, 7) is 4.48. The van der Waals surface area contributed by atoms with Gasteiger partial charge in [0.15, 0.2) is 11.5 Å². The van der Waals surface area contributed by atoms with Crippen molar-refractivity contribution in [1.82, 2.24) is 0 Å². The van der Waals surface area contributed by atoms with E-state index >= 15 is 0 Å². The minimum Gasteiger partial charge on any atom is -0.296 e. The molecule has 0 aromatic rings. The molecule has 0 amide bonds. The molecule has 0 radical (unpaired) electrons. The second kappa shape index (κ2) is 2.95. The second-order valence-corrected chi connectivity index (χ2v) is 2.50. The van der Waals surface area contributed by atoms with Crippen LogP contribution in [0.15, 0.2) is 0 Å². The number of hydrogen-bond acceptors (Lipinski definition) is 1. The predicted molar refractivity (Wildman–Crippen MR) is 35.1 cm³/mol. The molecular formula is C7H13FO. The lowest BCUT2D eigenvalue weighted by Crippen LogP contribution is -2.26. The van der Waals surface area contributed by atoms with Crippen LogP contribution >= 0.6 is 0 Å². The number of ketones is 1. The highest BCUT2D eigenvalue weighted by atomic mass is 19.1. The van der Waals surface area contributed by atoms with Gasteiger partial charge < -0.3 is 0 Å². The lowest BCUT2D eigenvalue weighted by molar-refractivity contribution is -0.127. The van der Waals surface area contributed by atoms with Gasteiger partial charge in [-0.3, -0.25) is 4.79 Å². The van der Waals surface area contributed by atoms with Crippen LogP contribution in [0.1, 0.15) is 33.6 Å². The highest BCUT2D eigenvalue weighted by Crippen LogP contribution is 2.17. The average molecular weight is 132 g/mol. The van der Waals surface area contributed by atoms with Crippen LogP contribution in [0.2, 0.25) is 0 Å². The number of carbonyl (C=O) groups is 1. The van der Waals surface area contributed by atoms with Crippen LogP contribution in [0.25, 0.3) is 0 Å². The summed E-state index contributed by atoms with van der Waals surface area (Å²) >= 11 is 0. The van der Waals surface area contributed by atoms with Gasteiger partial charge in [-0.25, -0.2) is 4.39 Å². The molecule has 0 aromatic carbocycles. The fourth-order valence-corrected chi connectivity index (χ4v) is 0.646. The molecule has 0 spiro atoms. The van der Waals surface area contributed by atoms with Gasteiger partial charge in [-0.05, 0) is 20.3 Å². The number of carbonyl (C=O) groups excluding carboxylic acids is 1. The smallest absolute Gasteiger partial charge is 0.166 e. The lowest BCUT2D eigenvalue weighted by Gasteiger charge is -2.14. The molecule has 54 valence electrons. The first-order chi connectivity index (χ1) is 4.00. The Morgan fingerprint density at radius 3 is 2.22 bits per heavy atom. The molecule has 0 saturated heterocycles. The Hall–Kier alpha value is -0.400. The molecule has 0 aromatic heterocycles. The minimum absolute atomic E-state index is 0.336. The molecule has 1 unspecified atom stereocenters. The van der Waals surface area contributed by atoms with Crippen LogP contribution < -0.4 is 0 Å². The molecule has 0 N–H and O–H groups in total. The normalized spacial score (nSPS) is 16.9. The summed E-state index contributed by atoms with van der Waals surface area (Å²) in [5, 5.41) is 0.